The van der Waals surface area contributed by atoms with E-state index in [1.54, 1.807) is 12.3 Å². The maximum absolute atomic E-state index is 10.8. The average Bonchev–Trinajstić information content (AvgIpc) is 2.26. The van der Waals surface area contributed by atoms with Gasteiger partial charge in [0.15, 0.2) is 0 Å². The van der Waals surface area contributed by atoms with Crippen molar-refractivity contribution in [3.8, 4) is 6.07 Å². The van der Waals surface area contributed by atoms with E-state index in [2.05, 4.69) is 10.5 Å². The number of amides is 1. The lowest BCUT2D eigenvalue weighted by Gasteiger charge is -1.94. The predicted octanol–water partition coefficient (Wildman–Crippen LogP) is 1.24. The Bertz CT molecular complexity index is 379. The van der Waals surface area contributed by atoms with Crippen molar-refractivity contribution in [2.24, 2.45) is 5.10 Å². The first kappa shape index (κ1) is 10.9. The molecule has 0 atom stereocenters. The minimum absolute atomic E-state index is 0.164. The molecule has 0 fully saturated rings. The fraction of sp³-hybridized carbons (Fsp3) is 0.182. The molecule has 0 aliphatic carbocycles. The van der Waals surface area contributed by atoms with E-state index in [9.17, 15) is 4.79 Å². The fourth-order valence-corrected chi connectivity index (χ4v) is 0.994. The van der Waals surface area contributed by atoms with Crippen LogP contribution in [0.4, 0.5) is 0 Å². The first-order valence-electron chi connectivity index (χ1n) is 4.54. The third-order valence-electron chi connectivity index (χ3n) is 1.69. The zero-order valence-corrected chi connectivity index (χ0v) is 8.18. The van der Waals surface area contributed by atoms with Gasteiger partial charge < -0.3 is 0 Å². The van der Waals surface area contributed by atoms with E-state index in [4.69, 9.17) is 5.26 Å². The molecule has 1 aromatic carbocycles. The van der Waals surface area contributed by atoms with Gasteiger partial charge in [-0.15, -0.1) is 0 Å². The molecule has 0 bridgehead atoms. The number of hydrogen-bond donors (Lipinski definition) is 1. The highest BCUT2D eigenvalue weighted by Gasteiger charge is 1.94. The lowest BCUT2D eigenvalue weighted by atomic mass is 10.2. The van der Waals surface area contributed by atoms with Crippen molar-refractivity contribution in [3.05, 3.63) is 35.9 Å². The van der Waals surface area contributed by atoms with Gasteiger partial charge in [0.25, 0.3) is 5.91 Å². The Labute approximate surface area is 88.2 Å². The van der Waals surface area contributed by atoms with Crippen molar-refractivity contribution < 1.29 is 4.79 Å². The molecule has 0 heterocycles. The second-order valence-electron chi connectivity index (χ2n) is 2.87. The maximum Gasteiger partial charge on any atom is 0.254 e. The van der Waals surface area contributed by atoms with Crippen molar-refractivity contribution in [2.45, 2.75) is 12.8 Å². The lowest BCUT2D eigenvalue weighted by Crippen LogP contribution is -2.16. The highest BCUT2D eigenvalue weighted by molar-refractivity contribution is 5.78. The molecule has 4 nitrogen and oxygen atoms in total. The van der Waals surface area contributed by atoms with Crippen LogP contribution in [0.2, 0.25) is 0 Å². The quantitative estimate of drug-likeness (QED) is 0.588. The number of hydrazone groups is 1. The van der Waals surface area contributed by atoms with Crippen LogP contribution in [0.1, 0.15) is 12.0 Å². The van der Waals surface area contributed by atoms with Crippen LogP contribution in [0.3, 0.4) is 0 Å². The number of hydrogen-bond acceptors (Lipinski definition) is 3. The highest BCUT2D eigenvalue weighted by atomic mass is 16.2. The first-order valence-corrected chi connectivity index (χ1v) is 4.54. The number of carbonyl (C=O) groups is 1. The number of nitrogens with zero attached hydrogens (tertiary/aromatic N) is 2. The van der Waals surface area contributed by atoms with Crippen LogP contribution in [-0.2, 0) is 11.2 Å². The van der Waals surface area contributed by atoms with Crippen molar-refractivity contribution in [2.75, 3.05) is 0 Å². The van der Waals surface area contributed by atoms with Crippen LogP contribution in [0.25, 0.3) is 0 Å². The van der Waals surface area contributed by atoms with Crippen LogP contribution in [0.15, 0.2) is 35.4 Å². The van der Waals surface area contributed by atoms with E-state index in [0.29, 0.717) is 6.42 Å². The third kappa shape index (κ3) is 4.58. The molecule has 1 N–H and O–H groups in total. The smallest absolute Gasteiger partial charge is 0.254 e. The zero-order chi connectivity index (χ0) is 10.9. The lowest BCUT2D eigenvalue weighted by molar-refractivity contribution is -0.120. The largest absolute Gasteiger partial charge is 0.272 e. The van der Waals surface area contributed by atoms with E-state index in [0.717, 1.165) is 5.56 Å². The molecule has 0 aliphatic rings. The summed E-state index contributed by atoms with van der Waals surface area (Å²) < 4.78 is 0. The van der Waals surface area contributed by atoms with Crippen LogP contribution < -0.4 is 5.43 Å². The van der Waals surface area contributed by atoms with Gasteiger partial charge in [-0.1, -0.05) is 30.3 Å². The molecule has 0 aliphatic heterocycles. The molecule has 0 aromatic heterocycles. The Kier molecular flexibility index (Phi) is 4.61. The summed E-state index contributed by atoms with van der Waals surface area (Å²) in [5, 5.41) is 11.9. The molecule has 0 radical (unpaired) electrons. The molecule has 15 heavy (non-hydrogen) atoms. The second-order valence-corrected chi connectivity index (χ2v) is 2.87. The zero-order valence-electron chi connectivity index (χ0n) is 8.18. The third-order valence-corrected chi connectivity index (χ3v) is 1.69. The van der Waals surface area contributed by atoms with E-state index in [1.807, 2.05) is 30.3 Å². The molecular formula is C11H11N3O. The Morgan fingerprint density at radius 2 is 2.20 bits per heavy atom. The molecule has 0 unspecified atom stereocenters. The summed E-state index contributed by atoms with van der Waals surface area (Å²) in [5.74, 6) is -0.387. The molecule has 0 saturated carbocycles. The summed E-state index contributed by atoms with van der Waals surface area (Å²) >= 11 is 0. The van der Waals surface area contributed by atoms with Crippen LogP contribution in [-0.4, -0.2) is 12.1 Å². The summed E-state index contributed by atoms with van der Waals surface area (Å²) in [7, 11) is 0. The Morgan fingerprint density at radius 3 is 2.87 bits per heavy atom. The minimum atomic E-state index is -0.387. The number of benzene rings is 1. The van der Waals surface area contributed by atoms with Crippen molar-refractivity contribution in [1.29, 1.82) is 5.26 Å². The van der Waals surface area contributed by atoms with Crippen molar-refractivity contribution in [1.82, 2.24) is 5.43 Å². The van der Waals surface area contributed by atoms with Gasteiger partial charge in [0.05, 0.1) is 6.07 Å². The van der Waals surface area contributed by atoms with Gasteiger partial charge in [-0.3, -0.25) is 4.79 Å². The summed E-state index contributed by atoms with van der Waals surface area (Å²) in [4.78, 5) is 10.8. The van der Waals surface area contributed by atoms with Gasteiger partial charge in [0.1, 0.15) is 6.42 Å². The number of nitriles is 1. The predicted molar refractivity (Wildman–Crippen MR) is 57.0 cm³/mol. The van der Waals surface area contributed by atoms with Crippen LogP contribution >= 0.6 is 0 Å². The average molecular weight is 201 g/mol. The normalized spacial score (nSPS) is 9.80. The van der Waals surface area contributed by atoms with Gasteiger partial charge in [0.2, 0.25) is 0 Å². The summed E-state index contributed by atoms with van der Waals surface area (Å²) in [6.45, 7) is 0. The van der Waals surface area contributed by atoms with Gasteiger partial charge in [-0.25, -0.2) is 5.43 Å². The molecule has 0 saturated heterocycles. The standard InChI is InChI=1S/C11H11N3O/c12-8-6-11(15)14-13-9-7-10-4-2-1-3-5-10/h1-5,9H,6-7H2,(H,14,15). The molecule has 76 valence electrons. The summed E-state index contributed by atoms with van der Waals surface area (Å²) in [6.07, 6.45) is 2.10. The van der Waals surface area contributed by atoms with Crippen LogP contribution in [0, 0.1) is 11.3 Å². The van der Waals surface area contributed by atoms with Crippen molar-refractivity contribution in [3.63, 3.8) is 0 Å². The van der Waals surface area contributed by atoms with E-state index in [-0.39, 0.29) is 12.3 Å². The molecule has 4 heteroatoms. The Hall–Kier alpha value is -2.15. The molecule has 1 aromatic rings. The van der Waals surface area contributed by atoms with Gasteiger partial charge in [-0.2, -0.15) is 10.4 Å². The van der Waals surface area contributed by atoms with Gasteiger partial charge in [-0.05, 0) is 5.56 Å². The summed E-state index contributed by atoms with van der Waals surface area (Å²) in [6, 6.07) is 11.5. The van der Waals surface area contributed by atoms with E-state index < -0.39 is 0 Å². The maximum atomic E-state index is 10.8. The van der Waals surface area contributed by atoms with Crippen LogP contribution in [0.5, 0.6) is 0 Å². The Balaban J connectivity index is 2.29. The number of nitrogens with one attached hydrogen (secondary N) is 1. The topological polar surface area (TPSA) is 65.2 Å². The molecule has 1 amide bonds. The summed E-state index contributed by atoms with van der Waals surface area (Å²) in [5.41, 5.74) is 3.38. The number of carbonyl (C=O) groups excluding carboxylic acids is 1. The molecule has 1 rings (SSSR count). The van der Waals surface area contributed by atoms with Gasteiger partial charge in [0, 0.05) is 12.6 Å². The van der Waals surface area contributed by atoms with Crippen molar-refractivity contribution >= 4 is 12.1 Å². The highest BCUT2D eigenvalue weighted by Crippen LogP contribution is 1.96. The minimum Gasteiger partial charge on any atom is -0.272 e. The fourth-order valence-electron chi connectivity index (χ4n) is 0.994. The monoisotopic (exact) mass is 201 g/mol. The molecular weight excluding hydrogens is 190 g/mol. The van der Waals surface area contributed by atoms with Gasteiger partial charge >= 0.3 is 0 Å². The second kappa shape index (κ2) is 6.33. The van der Waals surface area contributed by atoms with E-state index >= 15 is 0 Å². The first-order chi connectivity index (χ1) is 7.33. The van der Waals surface area contributed by atoms with E-state index in [1.165, 1.54) is 0 Å². The number of rotatable bonds is 4. The SMILES string of the molecule is N#CCC(=O)NN=CCc1ccccc1. The molecule has 0 spiro atoms. The Morgan fingerprint density at radius 1 is 1.47 bits per heavy atom.